The molecule has 0 N–H and O–H groups in total. The van der Waals surface area contributed by atoms with Gasteiger partial charge in [0.2, 0.25) is 0 Å². The summed E-state index contributed by atoms with van der Waals surface area (Å²) in [4.78, 5) is 14.2. The minimum atomic E-state index is -0.0238. The molecule has 1 aliphatic rings. The van der Waals surface area contributed by atoms with Crippen molar-refractivity contribution >= 4 is 5.91 Å². The molecule has 5 heteroatoms. The molecule has 1 atom stereocenters. The van der Waals surface area contributed by atoms with Gasteiger partial charge in [0.15, 0.2) is 6.61 Å². The quantitative estimate of drug-likeness (QED) is 0.873. The fourth-order valence-corrected chi connectivity index (χ4v) is 2.77. The third kappa shape index (κ3) is 2.68. The van der Waals surface area contributed by atoms with Gasteiger partial charge in [-0.05, 0) is 43.3 Å². The zero-order valence-electron chi connectivity index (χ0n) is 12.4. The van der Waals surface area contributed by atoms with Crippen LogP contribution >= 0.6 is 0 Å². The number of nitrogens with zero attached hydrogens (tertiary/aromatic N) is 3. The lowest BCUT2D eigenvalue weighted by Gasteiger charge is -2.34. The summed E-state index contributed by atoms with van der Waals surface area (Å²) in [5.41, 5.74) is 1.72. The van der Waals surface area contributed by atoms with Crippen LogP contribution in [0.15, 0.2) is 42.6 Å². The number of carbonyl (C=O) groups excluding carboxylic acids is 1. The number of hydrogen-bond acceptors (Lipinski definition) is 3. The molecule has 0 fully saturated rings. The standard InChI is InChI=1S/C17H17N3O2/c1-13-16-3-2-8-19(16)9-10-20(13)17(21)12-22-15-6-4-14(11-18)5-7-15/h2-8,13H,9-10,12H2,1H3. The minimum Gasteiger partial charge on any atom is -0.484 e. The highest BCUT2D eigenvalue weighted by Gasteiger charge is 2.27. The molecular weight excluding hydrogens is 278 g/mol. The van der Waals surface area contributed by atoms with Crippen molar-refractivity contribution in [1.29, 1.82) is 5.26 Å². The van der Waals surface area contributed by atoms with E-state index in [4.69, 9.17) is 10.00 Å². The fourth-order valence-electron chi connectivity index (χ4n) is 2.77. The Bertz CT molecular complexity index is 712. The van der Waals surface area contributed by atoms with E-state index >= 15 is 0 Å². The van der Waals surface area contributed by atoms with E-state index in [9.17, 15) is 4.79 Å². The molecule has 0 aliphatic carbocycles. The normalized spacial score (nSPS) is 16.7. The van der Waals surface area contributed by atoms with Crippen LogP contribution in [0.5, 0.6) is 5.75 Å². The van der Waals surface area contributed by atoms with Crippen molar-refractivity contribution in [2.45, 2.75) is 19.5 Å². The number of hydrogen-bond donors (Lipinski definition) is 0. The Morgan fingerprint density at radius 1 is 1.32 bits per heavy atom. The summed E-state index contributed by atoms with van der Waals surface area (Å²) in [6.07, 6.45) is 2.04. The summed E-state index contributed by atoms with van der Waals surface area (Å²) in [6, 6.07) is 12.9. The van der Waals surface area contributed by atoms with Gasteiger partial charge in [-0.15, -0.1) is 0 Å². The molecule has 112 valence electrons. The lowest BCUT2D eigenvalue weighted by Crippen LogP contribution is -2.42. The molecule has 0 spiro atoms. The maximum Gasteiger partial charge on any atom is 0.261 e. The first kappa shape index (κ1) is 14.2. The fraction of sp³-hybridized carbons (Fsp3) is 0.294. The van der Waals surface area contributed by atoms with E-state index in [-0.39, 0.29) is 18.6 Å². The molecule has 0 radical (unpaired) electrons. The molecule has 1 amide bonds. The third-order valence-electron chi connectivity index (χ3n) is 4.01. The minimum absolute atomic E-state index is 0.0109. The molecule has 1 unspecified atom stereocenters. The van der Waals surface area contributed by atoms with Crippen LogP contribution in [0.4, 0.5) is 0 Å². The Balaban J connectivity index is 1.61. The van der Waals surface area contributed by atoms with Gasteiger partial charge >= 0.3 is 0 Å². The number of fused-ring (bicyclic) bond motifs is 1. The number of carbonyl (C=O) groups is 1. The van der Waals surface area contributed by atoms with E-state index in [1.54, 1.807) is 24.3 Å². The number of ether oxygens (including phenoxy) is 1. The third-order valence-corrected chi connectivity index (χ3v) is 4.01. The van der Waals surface area contributed by atoms with Crippen LogP contribution in [-0.4, -0.2) is 28.5 Å². The van der Waals surface area contributed by atoms with Gasteiger partial charge < -0.3 is 14.2 Å². The smallest absolute Gasteiger partial charge is 0.261 e. The van der Waals surface area contributed by atoms with Crippen LogP contribution in [0.1, 0.15) is 24.2 Å². The van der Waals surface area contributed by atoms with Gasteiger partial charge in [0, 0.05) is 25.0 Å². The maximum atomic E-state index is 12.4. The zero-order valence-corrected chi connectivity index (χ0v) is 12.4. The predicted octanol–water partition coefficient (Wildman–Crippen LogP) is 2.34. The van der Waals surface area contributed by atoms with E-state index < -0.39 is 0 Å². The van der Waals surface area contributed by atoms with Crippen molar-refractivity contribution in [1.82, 2.24) is 9.47 Å². The average Bonchev–Trinajstić information content (AvgIpc) is 3.03. The van der Waals surface area contributed by atoms with Crippen molar-refractivity contribution in [3.63, 3.8) is 0 Å². The number of amides is 1. The maximum absolute atomic E-state index is 12.4. The van der Waals surface area contributed by atoms with Crippen LogP contribution in [0, 0.1) is 11.3 Å². The first-order chi connectivity index (χ1) is 10.7. The first-order valence-electron chi connectivity index (χ1n) is 7.26. The molecule has 2 aromatic rings. The van der Waals surface area contributed by atoms with E-state index in [0.29, 0.717) is 17.9 Å². The molecule has 5 nitrogen and oxygen atoms in total. The van der Waals surface area contributed by atoms with E-state index in [1.807, 2.05) is 30.2 Å². The molecule has 22 heavy (non-hydrogen) atoms. The topological polar surface area (TPSA) is 58.3 Å². The molecule has 0 bridgehead atoms. The Kier molecular flexibility index (Phi) is 3.84. The Morgan fingerprint density at radius 2 is 2.09 bits per heavy atom. The second-order valence-electron chi connectivity index (χ2n) is 5.31. The molecule has 1 aromatic carbocycles. The number of rotatable bonds is 3. The Labute approximate surface area is 129 Å². The average molecular weight is 295 g/mol. The van der Waals surface area contributed by atoms with Gasteiger partial charge in [-0.2, -0.15) is 5.26 Å². The second-order valence-corrected chi connectivity index (χ2v) is 5.31. The van der Waals surface area contributed by atoms with Crippen molar-refractivity contribution < 1.29 is 9.53 Å². The summed E-state index contributed by atoms with van der Waals surface area (Å²) < 4.78 is 7.71. The van der Waals surface area contributed by atoms with Gasteiger partial charge in [0.1, 0.15) is 5.75 Å². The van der Waals surface area contributed by atoms with Crippen LogP contribution in [0.3, 0.4) is 0 Å². The van der Waals surface area contributed by atoms with Gasteiger partial charge in [-0.1, -0.05) is 0 Å². The van der Waals surface area contributed by atoms with Crippen LogP contribution in [0.25, 0.3) is 0 Å². The summed E-state index contributed by atoms with van der Waals surface area (Å²) in [7, 11) is 0. The SMILES string of the molecule is CC1c2cccn2CCN1C(=O)COc1ccc(C#N)cc1. The summed E-state index contributed by atoms with van der Waals surface area (Å²) in [6.45, 7) is 3.55. The monoisotopic (exact) mass is 295 g/mol. The molecule has 0 saturated heterocycles. The molecular formula is C17H17N3O2. The second kappa shape index (κ2) is 5.94. The number of nitriles is 1. The predicted molar refractivity (Wildman–Crippen MR) is 81.2 cm³/mol. The first-order valence-corrected chi connectivity index (χ1v) is 7.26. The zero-order chi connectivity index (χ0) is 15.5. The van der Waals surface area contributed by atoms with E-state index in [1.165, 1.54) is 0 Å². The molecule has 0 saturated carbocycles. The van der Waals surface area contributed by atoms with Gasteiger partial charge in [0.05, 0.1) is 17.7 Å². The van der Waals surface area contributed by atoms with Crippen LogP contribution in [0.2, 0.25) is 0 Å². The highest BCUT2D eigenvalue weighted by molar-refractivity contribution is 5.78. The highest BCUT2D eigenvalue weighted by atomic mass is 16.5. The Morgan fingerprint density at radius 3 is 2.82 bits per heavy atom. The lowest BCUT2D eigenvalue weighted by molar-refractivity contribution is -0.136. The van der Waals surface area contributed by atoms with Crippen molar-refractivity contribution in [3.05, 3.63) is 53.9 Å². The van der Waals surface area contributed by atoms with Crippen LogP contribution < -0.4 is 4.74 Å². The summed E-state index contributed by atoms with van der Waals surface area (Å²) >= 11 is 0. The largest absolute Gasteiger partial charge is 0.484 e. The van der Waals surface area contributed by atoms with E-state index in [0.717, 1.165) is 12.2 Å². The molecule has 2 heterocycles. The lowest BCUT2D eigenvalue weighted by atomic mass is 10.1. The molecule has 1 aromatic heterocycles. The van der Waals surface area contributed by atoms with Crippen molar-refractivity contribution in [2.24, 2.45) is 0 Å². The molecule has 1 aliphatic heterocycles. The summed E-state index contributed by atoms with van der Waals surface area (Å²) in [5.74, 6) is 0.574. The number of aromatic nitrogens is 1. The van der Waals surface area contributed by atoms with Crippen LogP contribution in [-0.2, 0) is 11.3 Å². The van der Waals surface area contributed by atoms with Gasteiger partial charge in [0.25, 0.3) is 5.91 Å². The summed E-state index contributed by atoms with van der Waals surface area (Å²) in [5, 5.41) is 8.75. The van der Waals surface area contributed by atoms with Crippen molar-refractivity contribution in [2.75, 3.05) is 13.2 Å². The highest BCUT2D eigenvalue weighted by Crippen LogP contribution is 2.25. The van der Waals surface area contributed by atoms with Gasteiger partial charge in [-0.3, -0.25) is 4.79 Å². The molecule has 3 rings (SSSR count). The number of benzene rings is 1. The van der Waals surface area contributed by atoms with Gasteiger partial charge in [-0.25, -0.2) is 0 Å². The Hall–Kier alpha value is -2.74. The van der Waals surface area contributed by atoms with Crippen molar-refractivity contribution in [3.8, 4) is 11.8 Å². The van der Waals surface area contributed by atoms with E-state index in [2.05, 4.69) is 10.6 Å².